The standard InChI is InChI=1S/C27H22N4O4/c1-16(14-28)11-18-5-3-6-19(12-18)25(32)30-20-10-9-17(2)23(13-20)31-15-29-24-21(26(31)33)7-4-8-22(24)27(34)35/h3-10,12-13,15-16H,11H2,1-2H3,(H,30,32)(H,34,35). The van der Waals surface area contributed by atoms with E-state index >= 15 is 0 Å². The van der Waals surface area contributed by atoms with Crippen LogP contribution in [-0.4, -0.2) is 26.5 Å². The lowest BCUT2D eigenvalue weighted by molar-refractivity contribution is 0.0698. The van der Waals surface area contributed by atoms with Gasteiger partial charge in [-0.1, -0.05) is 24.3 Å². The Morgan fingerprint density at radius 2 is 1.91 bits per heavy atom. The van der Waals surface area contributed by atoms with Crippen molar-refractivity contribution in [3.8, 4) is 11.8 Å². The first-order chi connectivity index (χ1) is 16.8. The quantitative estimate of drug-likeness (QED) is 0.435. The molecule has 1 amide bonds. The molecule has 1 atom stereocenters. The van der Waals surface area contributed by atoms with E-state index < -0.39 is 11.5 Å². The first kappa shape index (κ1) is 23.4. The van der Waals surface area contributed by atoms with Gasteiger partial charge in [0.1, 0.15) is 6.33 Å². The van der Waals surface area contributed by atoms with Crippen LogP contribution < -0.4 is 10.9 Å². The molecule has 4 aromatic rings. The molecule has 35 heavy (non-hydrogen) atoms. The lowest BCUT2D eigenvalue weighted by Gasteiger charge is -2.13. The molecule has 0 aliphatic rings. The summed E-state index contributed by atoms with van der Waals surface area (Å²) in [7, 11) is 0. The van der Waals surface area contributed by atoms with E-state index in [1.165, 1.54) is 29.1 Å². The van der Waals surface area contributed by atoms with E-state index in [-0.39, 0.29) is 28.3 Å². The van der Waals surface area contributed by atoms with Crippen LogP contribution in [-0.2, 0) is 6.42 Å². The number of anilines is 1. The lowest BCUT2D eigenvalue weighted by atomic mass is 10.0. The second-order valence-electron chi connectivity index (χ2n) is 8.32. The van der Waals surface area contributed by atoms with Crippen LogP contribution in [0.1, 0.15) is 38.8 Å². The first-order valence-corrected chi connectivity index (χ1v) is 10.9. The van der Waals surface area contributed by atoms with Crippen molar-refractivity contribution in [2.45, 2.75) is 20.3 Å². The SMILES string of the molecule is Cc1ccc(NC(=O)c2cccc(CC(C)C#N)c2)cc1-n1cnc2c(C(=O)O)cccc2c1=O. The lowest BCUT2D eigenvalue weighted by Crippen LogP contribution is -2.21. The topological polar surface area (TPSA) is 125 Å². The van der Waals surface area contributed by atoms with E-state index in [0.29, 0.717) is 23.4 Å². The van der Waals surface area contributed by atoms with Crippen molar-refractivity contribution in [2.75, 3.05) is 5.32 Å². The zero-order valence-corrected chi connectivity index (χ0v) is 19.1. The second kappa shape index (κ2) is 9.61. The van der Waals surface area contributed by atoms with Gasteiger partial charge in [0.15, 0.2) is 0 Å². The molecule has 0 saturated carbocycles. The minimum atomic E-state index is -1.16. The molecule has 0 spiro atoms. The highest BCUT2D eigenvalue weighted by Gasteiger charge is 2.15. The normalized spacial score (nSPS) is 11.6. The summed E-state index contributed by atoms with van der Waals surface area (Å²) >= 11 is 0. The summed E-state index contributed by atoms with van der Waals surface area (Å²) in [4.78, 5) is 41.8. The fourth-order valence-electron chi connectivity index (χ4n) is 3.89. The number of para-hydroxylation sites is 1. The van der Waals surface area contributed by atoms with Gasteiger partial charge in [-0.2, -0.15) is 5.26 Å². The monoisotopic (exact) mass is 466 g/mol. The van der Waals surface area contributed by atoms with E-state index in [1.807, 2.05) is 19.9 Å². The van der Waals surface area contributed by atoms with Crippen LogP contribution in [0.4, 0.5) is 5.69 Å². The molecule has 8 nitrogen and oxygen atoms in total. The fraction of sp³-hybridized carbons (Fsp3) is 0.148. The van der Waals surface area contributed by atoms with Gasteiger partial charge in [-0.05, 0) is 67.8 Å². The Kier molecular flexibility index (Phi) is 6.42. The van der Waals surface area contributed by atoms with Crippen molar-refractivity contribution < 1.29 is 14.7 Å². The van der Waals surface area contributed by atoms with E-state index in [2.05, 4.69) is 16.4 Å². The number of hydrogen-bond donors (Lipinski definition) is 2. The largest absolute Gasteiger partial charge is 0.478 e. The zero-order valence-electron chi connectivity index (χ0n) is 19.1. The summed E-state index contributed by atoms with van der Waals surface area (Å²) < 4.78 is 1.34. The molecule has 3 aromatic carbocycles. The molecule has 0 bridgehead atoms. The number of carboxylic acid groups (broad SMARTS) is 1. The number of aromatic nitrogens is 2. The average molecular weight is 466 g/mol. The Morgan fingerprint density at radius 3 is 2.66 bits per heavy atom. The third-order valence-electron chi connectivity index (χ3n) is 5.70. The Bertz CT molecular complexity index is 1570. The second-order valence-corrected chi connectivity index (χ2v) is 8.32. The van der Waals surface area contributed by atoms with Crippen molar-refractivity contribution in [3.63, 3.8) is 0 Å². The molecule has 1 heterocycles. The summed E-state index contributed by atoms with van der Waals surface area (Å²) in [5.74, 6) is -1.64. The van der Waals surface area contributed by atoms with Crippen molar-refractivity contribution in [1.82, 2.24) is 9.55 Å². The minimum absolute atomic E-state index is 0.0455. The Hall–Kier alpha value is -4.77. The number of carbonyl (C=O) groups is 2. The van der Waals surface area contributed by atoms with Crippen LogP contribution in [0, 0.1) is 24.2 Å². The van der Waals surface area contributed by atoms with Gasteiger partial charge in [-0.25, -0.2) is 9.78 Å². The number of carboxylic acids is 1. The number of hydrogen-bond acceptors (Lipinski definition) is 5. The van der Waals surface area contributed by atoms with Gasteiger partial charge in [0.05, 0.1) is 28.2 Å². The minimum Gasteiger partial charge on any atom is -0.478 e. The maximum atomic E-state index is 13.2. The summed E-state index contributed by atoms with van der Waals surface area (Å²) in [6.07, 6.45) is 1.85. The number of nitrogens with zero attached hydrogens (tertiary/aromatic N) is 3. The van der Waals surface area contributed by atoms with E-state index in [4.69, 9.17) is 5.26 Å². The molecule has 0 aliphatic carbocycles. The van der Waals surface area contributed by atoms with Crippen LogP contribution in [0.5, 0.6) is 0 Å². The molecule has 1 unspecified atom stereocenters. The van der Waals surface area contributed by atoms with Crippen LogP contribution >= 0.6 is 0 Å². The van der Waals surface area contributed by atoms with Crippen molar-refractivity contribution in [3.05, 3.63) is 99.6 Å². The average Bonchev–Trinajstić information content (AvgIpc) is 2.85. The molecule has 8 heteroatoms. The van der Waals surface area contributed by atoms with Crippen LogP contribution in [0.2, 0.25) is 0 Å². The number of amides is 1. The Labute approximate surface area is 201 Å². The Morgan fingerprint density at radius 1 is 1.14 bits per heavy atom. The molecule has 4 rings (SSSR count). The molecule has 0 radical (unpaired) electrons. The third kappa shape index (κ3) is 4.80. The van der Waals surface area contributed by atoms with Gasteiger partial charge >= 0.3 is 5.97 Å². The van der Waals surface area contributed by atoms with E-state index in [1.54, 1.807) is 36.4 Å². The number of aromatic carboxylic acids is 1. The number of nitriles is 1. The highest BCUT2D eigenvalue weighted by molar-refractivity contribution is 6.04. The molecule has 2 N–H and O–H groups in total. The van der Waals surface area contributed by atoms with Crippen LogP contribution in [0.25, 0.3) is 16.6 Å². The summed E-state index contributed by atoms with van der Waals surface area (Å²) in [5, 5.41) is 21.5. The molecular weight excluding hydrogens is 444 g/mol. The van der Waals surface area contributed by atoms with Crippen LogP contribution in [0.3, 0.4) is 0 Å². The van der Waals surface area contributed by atoms with Gasteiger partial charge in [0.2, 0.25) is 0 Å². The Balaban J connectivity index is 1.67. The molecule has 0 saturated heterocycles. The maximum Gasteiger partial charge on any atom is 0.337 e. The molecule has 0 fully saturated rings. The number of rotatable bonds is 6. The zero-order chi connectivity index (χ0) is 25.1. The van der Waals surface area contributed by atoms with Crippen molar-refractivity contribution in [1.29, 1.82) is 5.26 Å². The third-order valence-corrected chi connectivity index (χ3v) is 5.70. The molecule has 0 aliphatic heterocycles. The smallest absolute Gasteiger partial charge is 0.337 e. The van der Waals surface area contributed by atoms with Gasteiger partial charge < -0.3 is 10.4 Å². The summed E-state index contributed by atoms with van der Waals surface area (Å²) in [5.41, 5.74) is 2.78. The number of fused-ring (bicyclic) bond motifs is 1. The predicted molar refractivity (Wildman–Crippen MR) is 132 cm³/mol. The highest BCUT2D eigenvalue weighted by Crippen LogP contribution is 2.21. The fourth-order valence-corrected chi connectivity index (χ4v) is 3.89. The van der Waals surface area contributed by atoms with Gasteiger partial charge in [0, 0.05) is 17.2 Å². The predicted octanol–water partition coefficient (Wildman–Crippen LogP) is 4.35. The molecular formula is C27H22N4O4. The van der Waals surface area contributed by atoms with Crippen LogP contribution in [0.15, 0.2) is 71.8 Å². The molecule has 1 aromatic heterocycles. The highest BCUT2D eigenvalue weighted by atomic mass is 16.4. The van der Waals surface area contributed by atoms with Crippen molar-refractivity contribution >= 4 is 28.5 Å². The molecule has 174 valence electrons. The number of nitrogens with one attached hydrogen (secondary N) is 1. The van der Waals surface area contributed by atoms with Gasteiger partial charge in [0.25, 0.3) is 11.5 Å². The van der Waals surface area contributed by atoms with E-state index in [0.717, 1.165) is 11.1 Å². The first-order valence-electron chi connectivity index (χ1n) is 10.9. The van der Waals surface area contributed by atoms with E-state index in [9.17, 15) is 19.5 Å². The number of carbonyl (C=O) groups excluding carboxylic acids is 1. The number of benzene rings is 3. The number of aryl methyl sites for hydroxylation is 1. The van der Waals surface area contributed by atoms with Crippen molar-refractivity contribution in [2.24, 2.45) is 5.92 Å². The maximum absolute atomic E-state index is 13.2. The van der Waals surface area contributed by atoms with Gasteiger partial charge in [-0.3, -0.25) is 14.2 Å². The van der Waals surface area contributed by atoms with Gasteiger partial charge in [-0.15, -0.1) is 0 Å². The summed E-state index contributed by atoms with van der Waals surface area (Å²) in [6.45, 7) is 3.65. The summed E-state index contributed by atoms with van der Waals surface area (Å²) in [6, 6.07) is 18.9.